The van der Waals surface area contributed by atoms with E-state index < -0.39 is 11.9 Å². The van der Waals surface area contributed by atoms with Gasteiger partial charge in [-0.15, -0.1) is 0 Å². The van der Waals surface area contributed by atoms with Gasteiger partial charge in [0, 0.05) is 0 Å². The third kappa shape index (κ3) is 18.0. The molecule has 0 atom stereocenters. The lowest BCUT2D eigenvalue weighted by atomic mass is 10.2. The summed E-state index contributed by atoms with van der Waals surface area (Å²) in [5, 5.41) is 18.8. The first kappa shape index (κ1) is 31.3. The fraction of sp³-hybridized carbons (Fsp3) is 0.818. The van der Waals surface area contributed by atoms with Crippen LogP contribution in [0.2, 0.25) is 0 Å². The van der Waals surface area contributed by atoms with Gasteiger partial charge in [-0.1, -0.05) is 0 Å². The number of rotatable bonds is 8. The van der Waals surface area contributed by atoms with Crippen LogP contribution in [-0.4, -0.2) is 48.2 Å². The molecule has 28 heavy (non-hydrogen) atoms. The van der Waals surface area contributed by atoms with Crippen LogP contribution in [0.3, 0.4) is 0 Å². The van der Waals surface area contributed by atoms with Crippen LogP contribution in [0.5, 0.6) is 0 Å². The molecule has 0 spiro atoms. The van der Waals surface area contributed by atoms with Crippen LogP contribution in [0.1, 0.15) is 83.1 Å². The summed E-state index contributed by atoms with van der Waals surface area (Å²) in [4.78, 5) is 22.2. The smallest absolute Gasteiger partial charge is 0.0821 e. The predicted molar refractivity (Wildman–Crippen MR) is 112 cm³/mol. The minimum Gasteiger partial charge on any atom is -0.545 e. The first-order valence-corrected chi connectivity index (χ1v) is 10.4. The Hall–Kier alpha value is -1.40. The van der Waals surface area contributed by atoms with Crippen molar-refractivity contribution in [3.63, 3.8) is 0 Å². The summed E-state index contributed by atoms with van der Waals surface area (Å²) >= 11 is 0. The number of carbonyl (C=O) groups is 2. The van der Waals surface area contributed by atoms with E-state index in [-0.39, 0.29) is 0 Å². The maximum Gasteiger partial charge on any atom is 0.0821 e. The van der Waals surface area contributed by atoms with Gasteiger partial charge in [0.1, 0.15) is 0 Å². The Morgan fingerprint density at radius 2 is 0.643 bits per heavy atom. The van der Waals surface area contributed by atoms with E-state index in [1.54, 1.807) is 9.80 Å². The summed E-state index contributed by atoms with van der Waals surface area (Å²) in [7, 11) is 0. The Morgan fingerprint density at radius 3 is 0.679 bits per heavy atom. The molecule has 0 aromatic heterocycles. The van der Waals surface area contributed by atoms with Crippen LogP contribution in [0.4, 0.5) is 0 Å². The predicted octanol–water partition coefficient (Wildman–Crippen LogP) is -0.765. The Morgan fingerprint density at radius 1 is 0.500 bits per heavy atom. The maximum absolute atomic E-state index is 9.41. The number of carboxylic acids is 2. The standard InChI is InChI=1S/2C9H21N.C4H4O4/c2*1-7(2)10(8(3)4)9(5)6;5-3(6)1-2-4(7)8/h2*7-9H,1-6H3;1-2H,(H,5,6)(H,7,8)/b;;2-1-. The summed E-state index contributed by atoms with van der Waals surface area (Å²) in [5.74, 6) is -3.09. The number of carboxylic acid groups (broad SMARTS) is 2. The molecule has 6 nitrogen and oxygen atoms in total. The summed E-state index contributed by atoms with van der Waals surface area (Å²) < 4.78 is 0. The second-order valence-electron chi connectivity index (χ2n) is 8.90. The molecule has 0 saturated heterocycles. The molecule has 0 aliphatic rings. The lowest BCUT2D eigenvalue weighted by molar-refractivity contribution is -0.962. The van der Waals surface area contributed by atoms with Crippen molar-refractivity contribution in [1.29, 1.82) is 0 Å². The van der Waals surface area contributed by atoms with Gasteiger partial charge in [-0.3, -0.25) is 0 Å². The van der Waals surface area contributed by atoms with Gasteiger partial charge in [-0.05, 0) is 95.2 Å². The Bertz CT molecular complexity index is 364. The molecule has 0 saturated carbocycles. The summed E-state index contributed by atoms with van der Waals surface area (Å²) in [6.07, 6.45) is 0.769. The molecule has 2 N–H and O–H groups in total. The quantitative estimate of drug-likeness (QED) is 0.522. The van der Waals surface area contributed by atoms with Crippen molar-refractivity contribution in [2.45, 2.75) is 119 Å². The maximum atomic E-state index is 9.41. The van der Waals surface area contributed by atoms with E-state index in [1.807, 2.05) is 0 Å². The third-order valence-electron chi connectivity index (χ3n) is 4.36. The molecule has 0 unspecified atom stereocenters. The van der Waals surface area contributed by atoms with Crippen molar-refractivity contribution >= 4 is 11.9 Å². The molecule has 0 aromatic rings. The molecule has 0 heterocycles. The fourth-order valence-corrected chi connectivity index (χ4v) is 4.14. The highest BCUT2D eigenvalue weighted by Gasteiger charge is 2.20. The van der Waals surface area contributed by atoms with Crippen molar-refractivity contribution < 1.29 is 29.6 Å². The van der Waals surface area contributed by atoms with E-state index in [9.17, 15) is 19.8 Å². The van der Waals surface area contributed by atoms with E-state index in [1.165, 1.54) is 0 Å². The lowest BCUT2D eigenvalue weighted by Crippen LogP contribution is -3.20. The highest BCUT2D eigenvalue weighted by Crippen LogP contribution is 1.82. The third-order valence-corrected chi connectivity index (χ3v) is 4.36. The minimum absolute atomic E-state index is 0.384. The summed E-state index contributed by atoms with van der Waals surface area (Å²) in [6, 6.07) is 4.50. The van der Waals surface area contributed by atoms with Gasteiger partial charge in [0.05, 0.1) is 48.2 Å². The number of hydrogen-bond donors (Lipinski definition) is 2. The molecule has 0 aliphatic carbocycles. The van der Waals surface area contributed by atoms with Gasteiger partial charge in [0.25, 0.3) is 0 Å². The van der Waals surface area contributed by atoms with Crippen LogP contribution in [0, 0.1) is 0 Å². The SMILES string of the molecule is CC(C)[NH+](C(C)C)C(C)C.CC(C)[NH+](C(C)C)C(C)C.O=C([O-])/C=C\C(=O)[O-]. The van der Waals surface area contributed by atoms with Gasteiger partial charge in [-0.2, -0.15) is 0 Å². The van der Waals surface area contributed by atoms with Gasteiger partial charge < -0.3 is 29.6 Å². The fourth-order valence-electron chi connectivity index (χ4n) is 4.14. The first-order chi connectivity index (χ1) is 12.6. The van der Waals surface area contributed by atoms with Crippen molar-refractivity contribution in [2.24, 2.45) is 0 Å². The number of aliphatic carboxylic acids is 2. The minimum atomic E-state index is -1.55. The van der Waals surface area contributed by atoms with Crippen LogP contribution in [-0.2, 0) is 9.59 Å². The number of quaternary nitrogens is 2. The van der Waals surface area contributed by atoms with Crippen molar-refractivity contribution in [2.75, 3.05) is 0 Å². The molecule has 0 radical (unpaired) electrons. The molecule has 0 aliphatic heterocycles. The van der Waals surface area contributed by atoms with Crippen LogP contribution < -0.4 is 20.0 Å². The summed E-state index contributed by atoms with van der Waals surface area (Å²) in [6.45, 7) is 27.4. The molecule has 0 amide bonds. The van der Waals surface area contributed by atoms with Crippen LogP contribution in [0.15, 0.2) is 12.2 Å². The Kier molecular flexibility index (Phi) is 18.5. The van der Waals surface area contributed by atoms with E-state index in [0.717, 1.165) is 36.3 Å². The number of nitrogens with one attached hydrogen (secondary N) is 2. The summed E-state index contributed by atoms with van der Waals surface area (Å²) in [5.41, 5.74) is 0. The normalized spacial score (nSPS) is 11.7. The molecular weight excluding hydrogens is 356 g/mol. The largest absolute Gasteiger partial charge is 0.545 e. The van der Waals surface area contributed by atoms with E-state index in [0.29, 0.717) is 12.2 Å². The number of carbonyl (C=O) groups excluding carboxylic acids is 2. The van der Waals surface area contributed by atoms with E-state index >= 15 is 0 Å². The molecular formula is C22H46N2O4. The monoisotopic (exact) mass is 402 g/mol. The molecule has 0 bridgehead atoms. The second kappa shape index (κ2) is 16.5. The van der Waals surface area contributed by atoms with Crippen molar-refractivity contribution in [3.05, 3.63) is 12.2 Å². The molecule has 6 heteroatoms. The first-order valence-electron chi connectivity index (χ1n) is 10.4. The van der Waals surface area contributed by atoms with Crippen LogP contribution >= 0.6 is 0 Å². The Labute approximate surface area is 173 Å². The zero-order valence-electron chi connectivity index (χ0n) is 20.3. The average Bonchev–Trinajstić information content (AvgIpc) is 2.43. The van der Waals surface area contributed by atoms with E-state index in [4.69, 9.17) is 0 Å². The van der Waals surface area contributed by atoms with Crippen molar-refractivity contribution in [3.8, 4) is 0 Å². The molecule has 0 rings (SSSR count). The van der Waals surface area contributed by atoms with E-state index in [2.05, 4.69) is 83.1 Å². The topological polar surface area (TPSA) is 89.1 Å². The molecule has 168 valence electrons. The Balaban J connectivity index is -0.000000337. The molecule has 0 aromatic carbocycles. The average molecular weight is 403 g/mol. The second-order valence-corrected chi connectivity index (χ2v) is 8.90. The van der Waals surface area contributed by atoms with Gasteiger partial charge in [0.2, 0.25) is 0 Å². The van der Waals surface area contributed by atoms with Crippen LogP contribution in [0.25, 0.3) is 0 Å². The molecule has 0 fully saturated rings. The highest BCUT2D eigenvalue weighted by atomic mass is 16.4. The zero-order chi connectivity index (χ0) is 23.2. The number of hydrogen-bond acceptors (Lipinski definition) is 4. The zero-order valence-corrected chi connectivity index (χ0v) is 20.3. The highest BCUT2D eigenvalue weighted by molar-refractivity contribution is 5.87. The van der Waals surface area contributed by atoms with Gasteiger partial charge in [-0.25, -0.2) is 0 Å². The van der Waals surface area contributed by atoms with Crippen molar-refractivity contribution in [1.82, 2.24) is 0 Å². The lowest BCUT2D eigenvalue weighted by Gasteiger charge is -2.31. The van der Waals surface area contributed by atoms with Gasteiger partial charge in [0.15, 0.2) is 0 Å². The van der Waals surface area contributed by atoms with Gasteiger partial charge >= 0.3 is 0 Å².